The highest BCUT2D eigenvalue weighted by molar-refractivity contribution is 5.28. The van der Waals surface area contributed by atoms with E-state index >= 15 is 0 Å². The lowest BCUT2D eigenvalue weighted by Gasteiger charge is -2.40. The molecule has 0 bridgehead atoms. The van der Waals surface area contributed by atoms with Crippen molar-refractivity contribution in [3.8, 4) is 5.75 Å². The summed E-state index contributed by atoms with van der Waals surface area (Å²) in [5, 5.41) is 11.6. The van der Waals surface area contributed by atoms with Crippen LogP contribution < -0.4 is 4.74 Å². The summed E-state index contributed by atoms with van der Waals surface area (Å²) >= 11 is 0. The molecule has 2 aliphatic rings. The van der Waals surface area contributed by atoms with E-state index in [0.29, 0.717) is 5.92 Å². The number of hydrogen-bond acceptors (Lipinski definition) is 4. The molecule has 1 aromatic carbocycles. The molecule has 1 aliphatic heterocycles. The molecule has 2 atom stereocenters. The summed E-state index contributed by atoms with van der Waals surface area (Å²) in [6, 6.07) is 8.22. The monoisotopic (exact) mass is 346 g/mol. The molecule has 25 heavy (non-hydrogen) atoms. The molecule has 140 valence electrons. The van der Waals surface area contributed by atoms with E-state index in [1.54, 1.807) is 7.11 Å². The third kappa shape index (κ3) is 4.96. The van der Waals surface area contributed by atoms with Gasteiger partial charge >= 0.3 is 0 Å². The van der Waals surface area contributed by atoms with Crippen LogP contribution in [0.1, 0.15) is 37.7 Å². The van der Waals surface area contributed by atoms with Crippen LogP contribution in [0.4, 0.5) is 0 Å². The van der Waals surface area contributed by atoms with Crippen LogP contribution in [0.2, 0.25) is 0 Å². The maximum Gasteiger partial charge on any atom is 0.118 e. The van der Waals surface area contributed by atoms with E-state index in [-0.39, 0.29) is 0 Å². The number of likely N-dealkylation sites (N-methyl/N-ethyl adjacent to an activating group) is 1. The molecule has 2 unspecified atom stereocenters. The van der Waals surface area contributed by atoms with Gasteiger partial charge in [-0.15, -0.1) is 0 Å². The molecule has 2 fully saturated rings. The molecule has 0 spiro atoms. The Morgan fingerprint density at radius 3 is 2.48 bits per heavy atom. The molecule has 3 rings (SSSR count). The first-order valence-corrected chi connectivity index (χ1v) is 9.85. The lowest BCUT2D eigenvalue weighted by Crippen LogP contribution is -2.50. The normalized spacial score (nSPS) is 29.3. The molecule has 0 amide bonds. The van der Waals surface area contributed by atoms with Crippen molar-refractivity contribution >= 4 is 0 Å². The van der Waals surface area contributed by atoms with Crippen LogP contribution >= 0.6 is 0 Å². The molecule has 1 aromatic rings. The SMILES string of the molecule is COc1ccc(CC2(O)CCCCCC2CN2CCN(C)CC2)cc1. The number of aliphatic hydroxyl groups is 1. The Morgan fingerprint density at radius 1 is 1.08 bits per heavy atom. The number of methoxy groups -OCH3 is 1. The van der Waals surface area contributed by atoms with Gasteiger partial charge in [0.05, 0.1) is 12.7 Å². The summed E-state index contributed by atoms with van der Waals surface area (Å²) in [4.78, 5) is 4.96. The number of nitrogens with zero attached hydrogens (tertiary/aromatic N) is 2. The fraction of sp³-hybridized carbons (Fsp3) is 0.714. The number of ether oxygens (including phenoxy) is 1. The third-order valence-corrected chi connectivity index (χ3v) is 6.17. The first-order valence-electron chi connectivity index (χ1n) is 9.85. The summed E-state index contributed by atoms with van der Waals surface area (Å²) in [7, 11) is 3.89. The van der Waals surface area contributed by atoms with Crippen LogP contribution in [0.15, 0.2) is 24.3 Å². The Labute approximate surface area is 152 Å². The van der Waals surface area contributed by atoms with Gasteiger partial charge < -0.3 is 19.6 Å². The Morgan fingerprint density at radius 2 is 1.80 bits per heavy atom. The fourth-order valence-electron chi connectivity index (χ4n) is 4.40. The lowest BCUT2D eigenvalue weighted by atomic mass is 9.78. The van der Waals surface area contributed by atoms with E-state index < -0.39 is 5.60 Å². The Kier molecular flexibility index (Phi) is 6.37. The van der Waals surface area contributed by atoms with Crippen LogP contribution in [-0.2, 0) is 6.42 Å². The second-order valence-electron chi connectivity index (χ2n) is 8.03. The standard InChI is InChI=1S/C21H34N2O2/c1-22-12-14-23(15-13-22)17-19-6-4-3-5-11-21(19,24)16-18-7-9-20(25-2)10-8-18/h7-10,19,24H,3-6,11-17H2,1-2H3. The first kappa shape index (κ1) is 18.7. The van der Waals surface area contributed by atoms with Gasteiger partial charge in [0.25, 0.3) is 0 Å². The van der Waals surface area contributed by atoms with Crippen LogP contribution in [0.5, 0.6) is 5.75 Å². The van der Waals surface area contributed by atoms with E-state index in [0.717, 1.165) is 64.2 Å². The first-order chi connectivity index (χ1) is 12.1. The quantitative estimate of drug-likeness (QED) is 0.832. The van der Waals surface area contributed by atoms with E-state index in [4.69, 9.17) is 4.74 Å². The zero-order valence-corrected chi connectivity index (χ0v) is 15.9. The van der Waals surface area contributed by atoms with Crippen molar-refractivity contribution in [2.45, 2.75) is 44.1 Å². The highest BCUT2D eigenvalue weighted by Gasteiger charge is 2.38. The van der Waals surface area contributed by atoms with Gasteiger partial charge in [-0.1, -0.05) is 31.4 Å². The second-order valence-corrected chi connectivity index (χ2v) is 8.03. The van der Waals surface area contributed by atoms with Gasteiger partial charge in [0, 0.05) is 45.1 Å². The molecule has 0 aromatic heterocycles. The number of piperazine rings is 1. The van der Waals surface area contributed by atoms with Gasteiger partial charge in [0.15, 0.2) is 0 Å². The predicted octanol–water partition coefficient (Wildman–Crippen LogP) is 2.80. The molecule has 1 saturated heterocycles. The van der Waals surface area contributed by atoms with E-state index in [1.807, 2.05) is 12.1 Å². The van der Waals surface area contributed by atoms with Crippen molar-refractivity contribution in [2.24, 2.45) is 5.92 Å². The topological polar surface area (TPSA) is 35.9 Å². The van der Waals surface area contributed by atoms with Crippen molar-refractivity contribution in [1.82, 2.24) is 9.80 Å². The summed E-state index contributed by atoms with van der Waals surface area (Å²) in [5.41, 5.74) is 0.641. The highest BCUT2D eigenvalue weighted by Crippen LogP contribution is 2.36. The predicted molar refractivity (Wildman–Crippen MR) is 102 cm³/mol. The molecular formula is C21H34N2O2. The van der Waals surface area contributed by atoms with Crippen molar-refractivity contribution in [1.29, 1.82) is 0 Å². The molecular weight excluding hydrogens is 312 g/mol. The molecule has 0 radical (unpaired) electrons. The van der Waals surface area contributed by atoms with Crippen LogP contribution in [0.3, 0.4) is 0 Å². The summed E-state index contributed by atoms with van der Waals surface area (Å²) in [6.45, 7) is 5.59. The van der Waals surface area contributed by atoms with Gasteiger partial charge in [-0.25, -0.2) is 0 Å². The fourth-order valence-corrected chi connectivity index (χ4v) is 4.40. The minimum atomic E-state index is -0.575. The average Bonchev–Trinajstić information content (AvgIpc) is 2.79. The van der Waals surface area contributed by atoms with Gasteiger partial charge in [-0.2, -0.15) is 0 Å². The summed E-state index contributed by atoms with van der Waals surface area (Å²) < 4.78 is 5.26. The highest BCUT2D eigenvalue weighted by atomic mass is 16.5. The average molecular weight is 347 g/mol. The van der Waals surface area contributed by atoms with Gasteiger partial charge in [-0.05, 0) is 37.6 Å². The number of rotatable bonds is 5. The van der Waals surface area contributed by atoms with E-state index in [9.17, 15) is 5.11 Å². The Balaban J connectivity index is 1.69. The van der Waals surface area contributed by atoms with Crippen LogP contribution in [0, 0.1) is 5.92 Å². The third-order valence-electron chi connectivity index (χ3n) is 6.17. The zero-order valence-electron chi connectivity index (χ0n) is 15.9. The largest absolute Gasteiger partial charge is 0.497 e. The smallest absolute Gasteiger partial charge is 0.118 e. The van der Waals surface area contributed by atoms with Gasteiger partial charge in [-0.3, -0.25) is 0 Å². The molecule has 1 saturated carbocycles. The van der Waals surface area contributed by atoms with Gasteiger partial charge in [0.2, 0.25) is 0 Å². The maximum absolute atomic E-state index is 11.6. The van der Waals surface area contributed by atoms with E-state index in [1.165, 1.54) is 18.4 Å². The second kappa shape index (κ2) is 8.52. The van der Waals surface area contributed by atoms with Crippen molar-refractivity contribution in [2.75, 3.05) is 46.9 Å². The summed E-state index contributed by atoms with van der Waals surface area (Å²) in [6.07, 6.45) is 6.49. The molecule has 4 heteroatoms. The maximum atomic E-state index is 11.6. The lowest BCUT2D eigenvalue weighted by molar-refractivity contribution is -0.0405. The van der Waals surface area contributed by atoms with Crippen molar-refractivity contribution in [3.63, 3.8) is 0 Å². The van der Waals surface area contributed by atoms with Crippen LogP contribution in [-0.4, -0.2) is 67.4 Å². The van der Waals surface area contributed by atoms with Crippen molar-refractivity contribution in [3.05, 3.63) is 29.8 Å². The number of benzene rings is 1. The minimum Gasteiger partial charge on any atom is -0.497 e. The van der Waals surface area contributed by atoms with Gasteiger partial charge in [0.1, 0.15) is 5.75 Å². The molecule has 1 N–H and O–H groups in total. The molecule has 4 nitrogen and oxygen atoms in total. The van der Waals surface area contributed by atoms with Crippen molar-refractivity contribution < 1.29 is 9.84 Å². The summed E-state index contributed by atoms with van der Waals surface area (Å²) in [5.74, 6) is 1.26. The minimum absolute atomic E-state index is 0.375. The molecule has 1 heterocycles. The van der Waals surface area contributed by atoms with E-state index in [2.05, 4.69) is 29.0 Å². The zero-order chi connectivity index (χ0) is 17.7. The Bertz CT molecular complexity index is 525. The van der Waals surface area contributed by atoms with Crippen LogP contribution in [0.25, 0.3) is 0 Å². The Hall–Kier alpha value is -1.10. The number of hydrogen-bond donors (Lipinski definition) is 1. The molecule has 1 aliphatic carbocycles.